The van der Waals surface area contributed by atoms with Crippen LogP contribution in [-0.4, -0.2) is 47.7 Å². The third-order valence-corrected chi connectivity index (χ3v) is 3.48. The van der Waals surface area contributed by atoms with Gasteiger partial charge in [0.25, 0.3) is 0 Å². The van der Waals surface area contributed by atoms with Gasteiger partial charge in [-0.2, -0.15) is 4.98 Å². The zero-order chi connectivity index (χ0) is 16.4. The van der Waals surface area contributed by atoms with Gasteiger partial charge in [0.1, 0.15) is 11.6 Å². The first-order valence-corrected chi connectivity index (χ1v) is 8.55. The standard InChI is InChI=1S/C17H32N4O/c1-6-15-19-16(12-17(20-15)22-13-14(4)5)18-10-9-11-21(7-2)8-3/h12,14H,6-11,13H2,1-5H3,(H,18,19,20). The molecule has 0 bridgehead atoms. The van der Waals surface area contributed by atoms with E-state index >= 15 is 0 Å². The van der Waals surface area contributed by atoms with Gasteiger partial charge in [-0.1, -0.05) is 34.6 Å². The second kappa shape index (κ2) is 10.4. The van der Waals surface area contributed by atoms with Gasteiger partial charge >= 0.3 is 0 Å². The lowest BCUT2D eigenvalue weighted by Crippen LogP contribution is -2.25. The Morgan fingerprint density at radius 1 is 1.18 bits per heavy atom. The highest BCUT2D eigenvalue weighted by Gasteiger charge is 2.06. The summed E-state index contributed by atoms with van der Waals surface area (Å²) in [7, 11) is 0. The molecule has 0 amide bonds. The van der Waals surface area contributed by atoms with E-state index < -0.39 is 0 Å². The van der Waals surface area contributed by atoms with Crippen LogP contribution in [0.1, 0.15) is 46.9 Å². The summed E-state index contributed by atoms with van der Waals surface area (Å²) in [6.07, 6.45) is 1.92. The highest BCUT2D eigenvalue weighted by atomic mass is 16.5. The number of aromatic nitrogens is 2. The van der Waals surface area contributed by atoms with E-state index in [2.05, 4.69) is 54.8 Å². The van der Waals surface area contributed by atoms with Crippen LogP contribution in [0.5, 0.6) is 5.88 Å². The van der Waals surface area contributed by atoms with Crippen molar-refractivity contribution in [3.63, 3.8) is 0 Å². The predicted molar refractivity (Wildman–Crippen MR) is 92.6 cm³/mol. The topological polar surface area (TPSA) is 50.3 Å². The highest BCUT2D eigenvalue weighted by Crippen LogP contribution is 2.15. The molecule has 0 atom stereocenters. The average Bonchev–Trinajstić information content (AvgIpc) is 2.53. The molecule has 0 aliphatic rings. The van der Waals surface area contributed by atoms with E-state index in [0.29, 0.717) is 18.4 Å². The van der Waals surface area contributed by atoms with E-state index in [4.69, 9.17) is 4.74 Å². The van der Waals surface area contributed by atoms with Gasteiger partial charge in [-0.25, -0.2) is 4.98 Å². The fraction of sp³-hybridized carbons (Fsp3) is 0.765. The number of anilines is 1. The molecule has 1 heterocycles. The Morgan fingerprint density at radius 2 is 1.91 bits per heavy atom. The lowest BCUT2D eigenvalue weighted by molar-refractivity contribution is 0.260. The van der Waals surface area contributed by atoms with Crippen LogP contribution in [0.2, 0.25) is 0 Å². The molecule has 0 spiro atoms. The summed E-state index contributed by atoms with van der Waals surface area (Å²) in [6, 6.07) is 1.90. The van der Waals surface area contributed by atoms with Crippen LogP contribution in [0, 0.1) is 5.92 Å². The summed E-state index contributed by atoms with van der Waals surface area (Å²) in [5, 5.41) is 3.39. The van der Waals surface area contributed by atoms with E-state index in [-0.39, 0.29) is 0 Å². The molecule has 0 saturated heterocycles. The van der Waals surface area contributed by atoms with E-state index in [1.807, 2.05) is 6.07 Å². The van der Waals surface area contributed by atoms with Crippen molar-refractivity contribution in [1.29, 1.82) is 0 Å². The smallest absolute Gasteiger partial charge is 0.218 e. The number of ether oxygens (including phenoxy) is 1. The lowest BCUT2D eigenvalue weighted by atomic mass is 10.2. The maximum absolute atomic E-state index is 5.73. The SMILES string of the molecule is CCc1nc(NCCCN(CC)CC)cc(OCC(C)C)n1. The Labute approximate surface area is 135 Å². The monoisotopic (exact) mass is 308 g/mol. The Kier molecular flexibility index (Phi) is 8.82. The van der Waals surface area contributed by atoms with Crippen LogP contribution in [0.25, 0.3) is 0 Å². The summed E-state index contributed by atoms with van der Waals surface area (Å²) in [6.45, 7) is 15.7. The third kappa shape index (κ3) is 7.07. The summed E-state index contributed by atoms with van der Waals surface area (Å²) in [4.78, 5) is 11.4. The molecule has 0 aliphatic heterocycles. The molecule has 1 aromatic heterocycles. The van der Waals surface area contributed by atoms with Crippen molar-refractivity contribution in [3.8, 4) is 5.88 Å². The second-order valence-corrected chi connectivity index (χ2v) is 5.87. The minimum Gasteiger partial charge on any atom is -0.477 e. The molecular formula is C17H32N4O. The second-order valence-electron chi connectivity index (χ2n) is 5.87. The molecule has 0 aliphatic carbocycles. The fourth-order valence-electron chi connectivity index (χ4n) is 2.11. The lowest BCUT2D eigenvalue weighted by Gasteiger charge is -2.18. The van der Waals surface area contributed by atoms with Gasteiger partial charge < -0.3 is 15.0 Å². The van der Waals surface area contributed by atoms with Gasteiger partial charge in [0.05, 0.1) is 6.61 Å². The average molecular weight is 308 g/mol. The molecule has 1 N–H and O–H groups in total. The Bertz CT molecular complexity index is 419. The van der Waals surface area contributed by atoms with Crippen molar-refractivity contribution >= 4 is 5.82 Å². The van der Waals surface area contributed by atoms with Crippen molar-refractivity contribution in [1.82, 2.24) is 14.9 Å². The summed E-state index contributed by atoms with van der Waals surface area (Å²) in [5.41, 5.74) is 0. The predicted octanol–water partition coefficient (Wildman–Crippen LogP) is 3.22. The molecule has 0 fully saturated rings. The molecule has 5 nitrogen and oxygen atoms in total. The number of rotatable bonds is 11. The van der Waals surface area contributed by atoms with Crippen LogP contribution < -0.4 is 10.1 Å². The summed E-state index contributed by atoms with van der Waals surface area (Å²) < 4.78 is 5.73. The van der Waals surface area contributed by atoms with Crippen molar-refractivity contribution < 1.29 is 4.74 Å². The summed E-state index contributed by atoms with van der Waals surface area (Å²) >= 11 is 0. The molecule has 5 heteroatoms. The number of hydrogen-bond acceptors (Lipinski definition) is 5. The van der Waals surface area contributed by atoms with Crippen molar-refractivity contribution in [2.75, 3.05) is 38.1 Å². The molecule has 0 radical (unpaired) electrons. The zero-order valence-corrected chi connectivity index (χ0v) is 14.9. The van der Waals surface area contributed by atoms with Gasteiger partial charge in [0, 0.05) is 19.0 Å². The molecule has 0 unspecified atom stereocenters. The number of aryl methyl sites for hydroxylation is 1. The molecule has 1 aromatic rings. The van der Waals surface area contributed by atoms with E-state index in [1.54, 1.807) is 0 Å². The van der Waals surface area contributed by atoms with Crippen molar-refractivity contribution in [2.24, 2.45) is 5.92 Å². The van der Waals surface area contributed by atoms with Crippen molar-refractivity contribution in [2.45, 2.75) is 47.5 Å². The molecule has 126 valence electrons. The Morgan fingerprint density at radius 3 is 2.50 bits per heavy atom. The van der Waals surface area contributed by atoms with E-state index in [1.165, 1.54) is 0 Å². The number of nitrogens with zero attached hydrogens (tertiary/aromatic N) is 3. The first-order valence-electron chi connectivity index (χ1n) is 8.55. The molecule has 0 aromatic carbocycles. The van der Waals surface area contributed by atoms with Crippen LogP contribution in [0.15, 0.2) is 6.07 Å². The Hall–Kier alpha value is -1.36. The number of hydrogen-bond donors (Lipinski definition) is 1. The minimum absolute atomic E-state index is 0.491. The minimum atomic E-state index is 0.491. The maximum atomic E-state index is 5.73. The number of nitrogens with one attached hydrogen (secondary N) is 1. The first-order chi connectivity index (χ1) is 10.6. The van der Waals surface area contributed by atoms with Gasteiger partial charge in [-0.3, -0.25) is 0 Å². The largest absolute Gasteiger partial charge is 0.477 e. The first kappa shape index (κ1) is 18.7. The van der Waals surface area contributed by atoms with Crippen LogP contribution in [0.3, 0.4) is 0 Å². The van der Waals surface area contributed by atoms with Gasteiger partial charge in [0.15, 0.2) is 0 Å². The van der Waals surface area contributed by atoms with Gasteiger partial charge in [-0.05, 0) is 32.0 Å². The molecule has 0 saturated carbocycles. The highest BCUT2D eigenvalue weighted by molar-refractivity contribution is 5.38. The molecular weight excluding hydrogens is 276 g/mol. The van der Waals surface area contributed by atoms with Crippen molar-refractivity contribution in [3.05, 3.63) is 11.9 Å². The normalized spacial score (nSPS) is 11.2. The van der Waals surface area contributed by atoms with Gasteiger partial charge in [0.2, 0.25) is 5.88 Å². The van der Waals surface area contributed by atoms with Crippen LogP contribution in [-0.2, 0) is 6.42 Å². The maximum Gasteiger partial charge on any atom is 0.218 e. The van der Waals surface area contributed by atoms with Gasteiger partial charge in [-0.15, -0.1) is 0 Å². The zero-order valence-electron chi connectivity index (χ0n) is 14.9. The fourth-order valence-corrected chi connectivity index (χ4v) is 2.11. The third-order valence-electron chi connectivity index (χ3n) is 3.48. The van der Waals surface area contributed by atoms with E-state index in [0.717, 1.165) is 50.7 Å². The molecule has 22 heavy (non-hydrogen) atoms. The van der Waals surface area contributed by atoms with E-state index in [9.17, 15) is 0 Å². The van der Waals surface area contributed by atoms with Crippen LogP contribution >= 0.6 is 0 Å². The Balaban J connectivity index is 2.52. The summed E-state index contributed by atoms with van der Waals surface area (Å²) in [5.74, 6) is 2.86. The van der Waals surface area contributed by atoms with Crippen LogP contribution in [0.4, 0.5) is 5.82 Å². The molecule has 1 rings (SSSR count). The quantitative estimate of drug-likeness (QED) is 0.636.